The van der Waals surface area contributed by atoms with Gasteiger partial charge in [-0.2, -0.15) is 0 Å². The predicted molar refractivity (Wildman–Crippen MR) is 85.6 cm³/mol. The largest absolute Gasteiger partial charge is 0.379 e. The Hall–Kier alpha value is -0.810. The van der Waals surface area contributed by atoms with Crippen molar-refractivity contribution in [3.63, 3.8) is 0 Å². The van der Waals surface area contributed by atoms with Gasteiger partial charge in [0.1, 0.15) is 0 Å². The maximum atomic E-state index is 5.43. The third-order valence-corrected chi connectivity index (χ3v) is 4.95. The molecule has 1 unspecified atom stereocenters. The second-order valence-electron chi connectivity index (χ2n) is 6.72. The minimum absolute atomic E-state index is 0.782. The van der Waals surface area contributed by atoms with Crippen molar-refractivity contribution in [3.8, 4) is 0 Å². The lowest BCUT2D eigenvalue weighted by atomic mass is 10.1. The molecule has 3 fully saturated rings. The number of hydrogen-bond donors (Lipinski definition) is 1. The molecular weight excluding hydrogens is 264 g/mol. The molecule has 0 amide bonds. The molecule has 0 aromatic rings. The zero-order chi connectivity index (χ0) is 14.5. The normalized spacial score (nSPS) is 28.1. The van der Waals surface area contributed by atoms with Gasteiger partial charge in [0.2, 0.25) is 0 Å². The van der Waals surface area contributed by atoms with Gasteiger partial charge in [-0.3, -0.25) is 9.89 Å². The first-order valence-electron chi connectivity index (χ1n) is 8.61. The van der Waals surface area contributed by atoms with Gasteiger partial charge in [0, 0.05) is 46.3 Å². The van der Waals surface area contributed by atoms with Crippen molar-refractivity contribution < 1.29 is 4.74 Å². The molecule has 0 aromatic heterocycles. The Morgan fingerprint density at radius 2 is 1.95 bits per heavy atom. The number of aliphatic imine (C=N–C) groups is 1. The van der Waals surface area contributed by atoms with Crippen molar-refractivity contribution in [1.82, 2.24) is 15.1 Å². The Morgan fingerprint density at radius 3 is 2.67 bits per heavy atom. The van der Waals surface area contributed by atoms with Crippen LogP contribution in [-0.2, 0) is 4.74 Å². The fraction of sp³-hybridized carbons (Fsp3) is 0.938. The number of hydrogen-bond acceptors (Lipinski definition) is 3. The fourth-order valence-electron chi connectivity index (χ4n) is 3.45. The Balaban J connectivity index is 1.39. The van der Waals surface area contributed by atoms with Crippen LogP contribution in [0.1, 0.15) is 25.7 Å². The van der Waals surface area contributed by atoms with E-state index in [0.717, 1.165) is 63.7 Å². The topological polar surface area (TPSA) is 40.1 Å². The number of guanidine groups is 1. The standard InChI is InChI=1S/C16H30N4O/c1-17-16(18-6-4-14-2-3-14)20-7-5-15(13-20)12-19-8-10-21-11-9-19/h14-15H,2-13H2,1H3,(H,17,18). The summed E-state index contributed by atoms with van der Waals surface area (Å²) in [6.07, 6.45) is 5.47. The molecule has 1 saturated carbocycles. The van der Waals surface area contributed by atoms with Crippen molar-refractivity contribution in [1.29, 1.82) is 0 Å². The minimum atomic E-state index is 0.782. The first-order valence-corrected chi connectivity index (χ1v) is 8.61. The summed E-state index contributed by atoms with van der Waals surface area (Å²) in [5.74, 6) is 2.88. The van der Waals surface area contributed by atoms with Crippen LogP contribution in [0.3, 0.4) is 0 Å². The van der Waals surface area contributed by atoms with Gasteiger partial charge in [-0.15, -0.1) is 0 Å². The molecule has 0 aromatic carbocycles. The van der Waals surface area contributed by atoms with Gasteiger partial charge >= 0.3 is 0 Å². The van der Waals surface area contributed by atoms with Gasteiger partial charge in [-0.05, 0) is 24.7 Å². The SMILES string of the molecule is CN=C(NCCC1CC1)N1CCC(CN2CCOCC2)C1. The first-order chi connectivity index (χ1) is 10.3. The molecule has 3 aliphatic rings. The maximum Gasteiger partial charge on any atom is 0.193 e. The Morgan fingerprint density at radius 1 is 1.14 bits per heavy atom. The van der Waals surface area contributed by atoms with Gasteiger partial charge < -0.3 is 15.0 Å². The van der Waals surface area contributed by atoms with Crippen LogP contribution in [0, 0.1) is 11.8 Å². The van der Waals surface area contributed by atoms with Crippen LogP contribution in [0.15, 0.2) is 4.99 Å². The van der Waals surface area contributed by atoms with Crippen LogP contribution >= 0.6 is 0 Å². The van der Waals surface area contributed by atoms with Gasteiger partial charge in [-0.25, -0.2) is 0 Å². The van der Waals surface area contributed by atoms with E-state index >= 15 is 0 Å². The summed E-state index contributed by atoms with van der Waals surface area (Å²) < 4.78 is 5.43. The summed E-state index contributed by atoms with van der Waals surface area (Å²) in [5.41, 5.74) is 0. The molecule has 5 heteroatoms. The summed E-state index contributed by atoms with van der Waals surface area (Å²) in [5, 5.41) is 3.55. The van der Waals surface area contributed by atoms with E-state index in [1.165, 1.54) is 32.2 Å². The van der Waals surface area contributed by atoms with Crippen molar-refractivity contribution in [2.24, 2.45) is 16.8 Å². The molecule has 0 bridgehead atoms. The molecule has 2 aliphatic heterocycles. The molecule has 0 spiro atoms. The Bertz CT molecular complexity index is 350. The Labute approximate surface area is 128 Å². The molecule has 2 saturated heterocycles. The second-order valence-corrected chi connectivity index (χ2v) is 6.72. The fourth-order valence-corrected chi connectivity index (χ4v) is 3.45. The van der Waals surface area contributed by atoms with Crippen molar-refractivity contribution in [2.45, 2.75) is 25.7 Å². The highest BCUT2D eigenvalue weighted by Gasteiger charge is 2.27. The number of likely N-dealkylation sites (tertiary alicyclic amines) is 1. The average Bonchev–Trinajstić information content (AvgIpc) is 3.23. The average molecular weight is 294 g/mol. The monoisotopic (exact) mass is 294 g/mol. The summed E-state index contributed by atoms with van der Waals surface area (Å²) in [6.45, 7) is 8.62. The quantitative estimate of drug-likeness (QED) is 0.607. The van der Waals surface area contributed by atoms with Gasteiger partial charge in [-0.1, -0.05) is 12.8 Å². The van der Waals surface area contributed by atoms with E-state index in [1.54, 1.807) is 0 Å². The van der Waals surface area contributed by atoms with E-state index in [4.69, 9.17) is 4.74 Å². The molecule has 1 atom stereocenters. The highest BCUT2D eigenvalue weighted by atomic mass is 16.5. The number of rotatable bonds is 5. The molecule has 2 heterocycles. The van der Waals surface area contributed by atoms with Crippen LogP contribution < -0.4 is 5.32 Å². The molecule has 1 N–H and O–H groups in total. The van der Waals surface area contributed by atoms with E-state index in [0.29, 0.717) is 0 Å². The molecule has 5 nitrogen and oxygen atoms in total. The maximum absolute atomic E-state index is 5.43. The van der Waals surface area contributed by atoms with Crippen LogP contribution in [0.4, 0.5) is 0 Å². The van der Waals surface area contributed by atoms with Crippen molar-refractivity contribution in [3.05, 3.63) is 0 Å². The molecule has 120 valence electrons. The van der Waals surface area contributed by atoms with Gasteiger partial charge in [0.25, 0.3) is 0 Å². The van der Waals surface area contributed by atoms with E-state index in [2.05, 4.69) is 20.1 Å². The molecule has 3 rings (SSSR count). The zero-order valence-electron chi connectivity index (χ0n) is 13.4. The van der Waals surface area contributed by atoms with E-state index in [9.17, 15) is 0 Å². The van der Waals surface area contributed by atoms with E-state index in [-0.39, 0.29) is 0 Å². The van der Waals surface area contributed by atoms with E-state index in [1.807, 2.05) is 7.05 Å². The Kier molecular flexibility index (Phi) is 5.36. The summed E-state index contributed by atoms with van der Waals surface area (Å²) in [7, 11) is 1.91. The molecule has 0 radical (unpaired) electrons. The third kappa shape index (κ3) is 4.58. The van der Waals surface area contributed by atoms with Crippen LogP contribution in [0.25, 0.3) is 0 Å². The van der Waals surface area contributed by atoms with Crippen LogP contribution in [0.5, 0.6) is 0 Å². The van der Waals surface area contributed by atoms with Crippen molar-refractivity contribution >= 4 is 5.96 Å². The van der Waals surface area contributed by atoms with Crippen molar-refractivity contribution in [2.75, 3.05) is 59.5 Å². The molecule has 21 heavy (non-hydrogen) atoms. The summed E-state index contributed by atoms with van der Waals surface area (Å²) in [6, 6.07) is 0. The van der Waals surface area contributed by atoms with Crippen LogP contribution in [-0.4, -0.2) is 75.3 Å². The smallest absolute Gasteiger partial charge is 0.193 e. The van der Waals surface area contributed by atoms with Crippen LogP contribution in [0.2, 0.25) is 0 Å². The number of nitrogens with one attached hydrogen (secondary N) is 1. The summed E-state index contributed by atoms with van der Waals surface area (Å²) in [4.78, 5) is 9.47. The number of ether oxygens (including phenoxy) is 1. The number of morpholine rings is 1. The minimum Gasteiger partial charge on any atom is -0.379 e. The molecular formula is C16H30N4O. The third-order valence-electron chi connectivity index (χ3n) is 4.95. The first kappa shape index (κ1) is 15.1. The second kappa shape index (κ2) is 7.45. The number of nitrogens with zero attached hydrogens (tertiary/aromatic N) is 3. The molecule has 1 aliphatic carbocycles. The highest BCUT2D eigenvalue weighted by Crippen LogP contribution is 2.31. The van der Waals surface area contributed by atoms with Gasteiger partial charge in [0.05, 0.1) is 13.2 Å². The zero-order valence-corrected chi connectivity index (χ0v) is 13.4. The van der Waals surface area contributed by atoms with E-state index < -0.39 is 0 Å². The lowest BCUT2D eigenvalue weighted by Gasteiger charge is -2.29. The lowest BCUT2D eigenvalue weighted by molar-refractivity contribution is 0.0315. The lowest BCUT2D eigenvalue weighted by Crippen LogP contribution is -2.42. The summed E-state index contributed by atoms with van der Waals surface area (Å²) >= 11 is 0. The predicted octanol–water partition coefficient (Wildman–Crippen LogP) is 1.02. The highest BCUT2D eigenvalue weighted by molar-refractivity contribution is 5.80. The van der Waals surface area contributed by atoms with Gasteiger partial charge in [0.15, 0.2) is 5.96 Å².